The van der Waals surface area contributed by atoms with E-state index in [4.69, 9.17) is 0 Å². The van der Waals surface area contributed by atoms with Crippen LogP contribution in [0.2, 0.25) is 0 Å². The minimum absolute atomic E-state index is 0.699. The Kier molecular flexibility index (Phi) is 6.21. The Bertz CT molecular complexity index is 478. The fourth-order valence-electron chi connectivity index (χ4n) is 2.27. The van der Waals surface area contributed by atoms with Crippen molar-refractivity contribution < 1.29 is 0 Å². The van der Waals surface area contributed by atoms with Crippen LogP contribution in [0.5, 0.6) is 0 Å². The van der Waals surface area contributed by atoms with Crippen molar-refractivity contribution in [3.63, 3.8) is 0 Å². The SMILES string of the molecule is CCCCCCCCc1cn(Cc2ccccn2)nn1. The summed E-state index contributed by atoms with van der Waals surface area (Å²) in [6.45, 7) is 2.95. The molecule has 20 heavy (non-hydrogen) atoms. The number of unbranched alkanes of at least 4 members (excludes halogenated alkanes) is 5. The van der Waals surface area contributed by atoms with E-state index in [1.165, 1.54) is 38.5 Å². The predicted molar refractivity (Wildman–Crippen MR) is 80.4 cm³/mol. The van der Waals surface area contributed by atoms with Gasteiger partial charge in [0.15, 0.2) is 0 Å². The molecule has 2 rings (SSSR count). The topological polar surface area (TPSA) is 43.6 Å². The second kappa shape index (κ2) is 8.46. The van der Waals surface area contributed by atoms with Crippen LogP contribution in [0.1, 0.15) is 56.8 Å². The van der Waals surface area contributed by atoms with Gasteiger partial charge >= 0.3 is 0 Å². The molecule has 0 bridgehead atoms. The average molecular weight is 272 g/mol. The molecular formula is C16H24N4. The lowest BCUT2D eigenvalue weighted by Crippen LogP contribution is -2.01. The Morgan fingerprint density at radius 1 is 1.00 bits per heavy atom. The highest BCUT2D eigenvalue weighted by molar-refractivity contribution is 5.04. The van der Waals surface area contributed by atoms with Crippen LogP contribution in [0, 0.1) is 0 Å². The van der Waals surface area contributed by atoms with E-state index < -0.39 is 0 Å². The lowest BCUT2D eigenvalue weighted by Gasteiger charge is -1.99. The molecule has 0 saturated carbocycles. The molecule has 0 aliphatic heterocycles. The summed E-state index contributed by atoms with van der Waals surface area (Å²) < 4.78 is 1.87. The minimum atomic E-state index is 0.699. The normalized spacial score (nSPS) is 10.8. The van der Waals surface area contributed by atoms with Gasteiger partial charge in [-0.05, 0) is 25.0 Å². The Morgan fingerprint density at radius 3 is 2.65 bits per heavy atom. The van der Waals surface area contributed by atoms with Crippen LogP contribution in [-0.2, 0) is 13.0 Å². The van der Waals surface area contributed by atoms with Crippen molar-refractivity contribution in [1.29, 1.82) is 0 Å². The van der Waals surface area contributed by atoms with Gasteiger partial charge in [0.05, 0.1) is 17.9 Å². The van der Waals surface area contributed by atoms with Gasteiger partial charge in [-0.15, -0.1) is 5.10 Å². The molecule has 0 aromatic carbocycles. The molecule has 4 heteroatoms. The molecule has 2 heterocycles. The van der Waals surface area contributed by atoms with Crippen LogP contribution in [0.15, 0.2) is 30.6 Å². The summed E-state index contributed by atoms with van der Waals surface area (Å²) in [5, 5.41) is 8.40. The van der Waals surface area contributed by atoms with Gasteiger partial charge in [0.25, 0.3) is 0 Å². The molecule has 4 nitrogen and oxygen atoms in total. The lowest BCUT2D eigenvalue weighted by atomic mass is 10.1. The highest BCUT2D eigenvalue weighted by atomic mass is 15.4. The zero-order valence-electron chi connectivity index (χ0n) is 12.3. The molecule has 0 fully saturated rings. The van der Waals surface area contributed by atoms with Crippen molar-refractivity contribution in [2.75, 3.05) is 0 Å². The molecule has 108 valence electrons. The fraction of sp³-hybridized carbons (Fsp3) is 0.562. The van der Waals surface area contributed by atoms with Gasteiger partial charge in [0.2, 0.25) is 0 Å². The van der Waals surface area contributed by atoms with E-state index >= 15 is 0 Å². The van der Waals surface area contributed by atoms with Crippen LogP contribution >= 0.6 is 0 Å². The van der Waals surface area contributed by atoms with Crippen molar-refractivity contribution in [2.45, 2.75) is 58.4 Å². The number of pyridine rings is 1. The van der Waals surface area contributed by atoms with Crippen LogP contribution < -0.4 is 0 Å². The second-order valence-electron chi connectivity index (χ2n) is 5.25. The van der Waals surface area contributed by atoms with Crippen molar-refractivity contribution in [3.8, 4) is 0 Å². The van der Waals surface area contributed by atoms with Gasteiger partial charge in [-0.2, -0.15) is 0 Å². The predicted octanol–water partition coefficient (Wildman–Crippen LogP) is 3.62. The number of aryl methyl sites for hydroxylation is 1. The largest absolute Gasteiger partial charge is 0.259 e. The molecular weight excluding hydrogens is 248 g/mol. The Morgan fingerprint density at radius 2 is 1.85 bits per heavy atom. The van der Waals surface area contributed by atoms with Crippen LogP contribution in [0.4, 0.5) is 0 Å². The molecule has 0 N–H and O–H groups in total. The molecule has 0 aliphatic carbocycles. The van der Waals surface area contributed by atoms with Gasteiger partial charge in [-0.3, -0.25) is 4.98 Å². The van der Waals surface area contributed by atoms with Crippen molar-refractivity contribution >= 4 is 0 Å². The van der Waals surface area contributed by atoms with Crippen molar-refractivity contribution in [1.82, 2.24) is 20.0 Å². The monoisotopic (exact) mass is 272 g/mol. The summed E-state index contributed by atoms with van der Waals surface area (Å²) in [4.78, 5) is 4.30. The van der Waals surface area contributed by atoms with Crippen molar-refractivity contribution in [3.05, 3.63) is 42.0 Å². The Hall–Kier alpha value is -1.71. The summed E-state index contributed by atoms with van der Waals surface area (Å²) in [5.41, 5.74) is 2.11. The maximum Gasteiger partial charge on any atom is 0.0849 e. The third-order valence-electron chi connectivity index (χ3n) is 3.42. The summed E-state index contributed by atoms with van der Waals surface area (Å²) in [6, 6.07) is 5.93. The molecule has 0 saturated heterocycles. The Balaban J connectivity index is 1.70. The average Bonchev–Trinajstić information content (AvgIpc) is 2.91. The maximum atomic E-state index is 4.30. The van der Waals surface area contributed by atoms with E-state index in [9.17, 15) is 0 Å². The summed E-state index contributed by atoms with van der Waals surface area (Å²) >= 11 is 0. The van der Waals surface area contributed by atoms with E-state index in [0.29, 0.717) is 6.54 Å². The van der Waals surface area contributed by atoms with E-state index in [1.54, 1.807) is 0 Å². The second-order valence-corrected chi connectivity index (χ2v) is 5.25. The quantitative estimate of drug-likeness (QED) is 0.655. The third-order valence-corrected chi connectivity index (χ3v) is 3.42. The smallest absolute Gasteiger partial charge is 0.0849 e. The van der Waals surface area contributed by atoms with E-state index in [-0.39, 0.29) is 0 Å². The summed E-state index contributed by atoms with van der Waals surface area (Å²) in [5.74, 6) is 0. The summed E-state index contributed by atoms with van der Waals surface area (Å²) in [6.07, 6.45) is 12.8. The standard InChI is InChI=1S/C16H24N4/c1-2-3-4-5-6-7-11-16-14-20(19-18-16)13-15-10-8-9-12-17-15/h8-10,12,14H,2-7,11,13H2,1H3. The van der Waals surface area contributed by atoms with Crippen LogP contribution in [-0.4, -0.2) is 20.0 Å². The first-order chi connectivity index (χ1) is 9.88. The maximum absolute atomic E-state index is 4.30. The molecule has 0 atom stereocenters. The molecule has 0 aliphatic rings. The molecule has 0 spiro atoms. The zero-order valence-corrected chi connectivity index (χ0v) is 12.3. The highest BCUT2D eigenvalue weighted by Crippen LogP contribution is 2.08. The summed E-state index contributed by atoms with van der Waals surface area (Å²) in [7, 11) is 0. The lowest BCUT2D eigenvalue weighted by molar-refractivity contribution is 0.604. The fourth-order valence-corrected chi connectivity index (χ4v) is 2.27. The number of nitrogens with zero attached hydrogens (tertiary/aromatic N) is 4. The first-order valence-corrected chi connectivity index (χ1v) is 7.67. The van der Waals surface area contributed by atoms with Gasteiger partial charge in [0, 0.05) is 12.4 Å². The number of aromatic nitrogens is 4. The first-order valence-electron chi connectivity index (χ1n) is 7.67. The number of rotatable bonds is 9. The van der Waals surface area contributed by atoms with Crippen LogP contribution in [0.3, 0.4) is 0 Å². The molecule has 2 aromatic heterocycles. The van der Waals surface area contributed by atoms with Gasteiger partial charge in [-0.1, -0.05) is 50.3 Å². The van der Waals surface area contributed by atoms with E-state index in [0.717, 1.165) is 17.8 Å². The zero-order chi connectivity index (χ0) is 14.0. The van der Waals surface area contributed by atoms with E-state index in [1.807, 2.05) is 35.3 Å². The van der Waals surface area contributed by atoms with E-state index in [2.05, 4.69) is 22.2 Å². The third kappa shape index (κ3) is 5.11. The van der Waals surface area contributed by atoms with Gasteiger partial charge in [0.1, 0.15) is 0 Å². The Labute approximate surface area is 121 Å². The first kappa shape index (κ1) is 14.7. The van der Waals surface area contributed by atoms with Gasteiger partial charge < -0.3 is 0 Å². The molecule has 2 aromatic rings. The van der Waals surface area contributed by atoms with Crippen LogP contribution in [0.25, 0.3) is 0 Å². The van der Waals surface area contributed by atoms with Gasteiger partial charge in [-0.25, -0.2) is 4.68 Å². The molecule has 0 unspecified atom stereocenters. The number of hydrogen-bond acceptors (Lipinski definition) is 3. The molecule has 0 amide bonds. The molecule has 0 radical (unpaired) electrons. The van der Waals surface area contributed by atoms with Crippen molar-refractivity contribution in [2.24, 2.45) is 0 Å². The minimum Gasteiger partial charge on any atom is -0.259 e. The number of hydrogen-bond donors (Lipinski definition) is 0. The highest BCUT2D eigenvalue weighted by Gasteiger charge is 2.02.